The maximum atomic E-state index is 2.66. The highest BCUT2D eigenvalue weighted by molar-refractivity contribution is 4.96. The molecule has 1 heterocycles. The zero-order valence-corrected chi connectivity index (χ0v) is 29.0. The summed E-state index contributed by atoms with van der Waals surface area (Å²) in [6, 6.07) is 0. The van der Waals surface area contributed by atoms with Gasteiger partial charge >= 0.3 is 0 Å². The molecule has 41 heavy (non-hydrogen) atoms. The molecule has 244 valence electrons. The molecule has 1 atom stereocenters. The summed E-state index contributed by atoms with van der Waals surface area (Å²) < 4.78 is 0. The topological polar surface area (TPSA) is 6.48 Å². The Morgan fingerprint density at radius 2 is 0.634 bits per heavy atom. The van der Waals surface area contributed by atoms with Gasteiger partial charge in [0.1, 0.15) is 6.17 Å². The van der Waals surface area contributed by atoms with Crippen LogP contribution in [0.25, 0.3) is 0 Å². The molecule has 1 unspecified atom stereocenters. The van der Waals surface area contributed by atoms with Gasteiger partial charge in [0.2, 0.25) is 0 Å². The standard InChI is InChI=1S/C39H78N2/c1-4-7-9-11-13-15-17-19-20-21-22-23-25-27-29-31-33-35-39-40(6-3)37-38-41(39)36-34-32-30-28-26-24-18-16-14-12-10-8-5-2/h37-39H,4-36H2,1-3H3. The first-order chi connectivity index (χ1) is 20.3. The Labute approximate surface area is 260 Å². The minimum atomic E-state index is 0.633. The molecule has 2 nitrogen and oxygen atoms in total. The van der Waals surface area contributed by atoms with Gasteiger partial charge < -0.3 is 9.80 Å². The molecule has 0 N–H and O–H groups in total. The van der Waals surface area contributed by atoms with Crippen molar-refractivity contribution in [2.75, 3.05) is 13.1 Å². The van der Waals surface area contributed by atoms with Gasteiger partial charge in [0.05, 0.1) is 0 Å². The van der Waals surface area contributed by atoms with E-state index in [4.69, 9.17) is 0 Å². The Morgan fingerprint density at radius 1 is 0.341 bits per heavy atom. The zero-order chi connectivity index (χ0) is 29.5. The van der Waals surface area contributed by atoms with Crippen molar-refractivity contribution in [1.29, 1.82) is 0 Å². The summed E-state index contributed by atoms with van der Waals surface area (Å²) in [5, 5.41) is 0. The van der Waals surface area contributed by atoms with Crippen LogP contribution in [0.5, 0.6) is 0 Å². The quantitative estimate of drug-likeness (QED) is 0.0719. The molecular weight excluding hydrogens is 496 g/mol. The fraction of sp³-hybridized carbons (Fsp3) is 0.949. The smallest absolute Gasteiger partial charge is 0.101 e. The molecule has 1 aliphatic heterocycles. The van der Waals surface area contributed by atoms with Crippen molar-refractivity contribution in [3.05, 3.63) is 12.4 Å². The molecule has 1 rings (SSSR count). The van der Waals surface area contributed by atoms with Crippen LogP contribution in [0.3, 0.4) is 0 Å². The fourth-order valence-electron chi connectivity index (χ4n) is 6.80. The van der Waals surface area contributed by atoms with E-state index in [1.807, 2.05) is 0 Å². The molecule has 2 heteroatoms. The van der Waals surface area contributed by atoms with Crippen molar-refractivity contribution in [1.82, 2.24) is 9.80 Å². The van der Waals surface area contributed by atoms with Gasteiger partial charge in [-0.2, -0.15) is 0 Å². The van der Waals surface area contributed by atoms with Crippen molar-refractivity contribution < 1.29 is 0 Å². The molecule has 0 amide bonds. The second kappa shape index (κ2) is 30.8. The first-order valence-corrected chi connectivity index (χ1v) is 19.5. The van der Waals surface area contributed by atoms with Crippen molar-refractivity contribution >= 4 is 0 Å². The third-order valence-corrected chi connectivity index (χ3v) is 9.67. The normalized spacial score (nSPS) is 15.0. The summed E-state index contributed by atoms with van der Waals surface area (Å²) in [5.74, 6) is 0. The highest BCUT2D eigenvalue weighted by Gasteiger charge is 2.23. The third kappa shape index (κ3) is 23.5. The van der Waals surface area contributed by atoms with E-state index < -0.39 is 0 Å². The van der Waals surface area contributed by atoms with Crippen molar-refractivity contribution in [2.24, 2.45) is 0 Å². The molecule has 0 saturated heterocycles. The summed E-state index contributed by atoms with van der Waals surface area (Å²) in [5.41, 5.74) is 0. The molecule has 0 spiro atoms. The highest BCUT2D eigenvalue weighted by Crippen LogP contribution is 2.23. The van der Waals surface area contributed by atoms with Crippen LogP contribution in [0.4, 0.5) is 0 Å². The number of hydrogen-bond acceptors (Lipinski definition) is 2. The summed E-state index contributed by atoms with van der Waals surface area (Å²) in [4.78, 5) is 5.24. The second-order valence-electron chi connectivity index (χ2n) is 13.5. The molecule has 0 saturated carbocycles. The van der Waals surface area contributed by atoms with E-state index in [2.05, 4.69) is 43.0 Å². The summed E-state index contributed by atoms with van der Waals surface area (Å²) in [6.45, 7) is 9.34. The van der Waals surface area contributed by atoms with Crippen LogP contribution in [-0.4, -0.2) is 29.1 Å². The minimum Gasteiger partial charge on any atom is -0.356 e. The Balaban J connectivity index is 1.91. The molecule has 0 aromatic carbocycles. The highest BCUT2D eigenvalue weighted by atomic mass is 15.4. The van der Waals surface area contributed by atoms with Crippen LogP contribution in [0.1, 0.15) is 220 Å². The van der Waals surface area contributed by atoms with Gasteiger partial charge in [-0.25, -0.2) is 0 Å². The second-order valence-corrected chi connectivity index (χ2v) is 13.5. The molecule has 0 radical (unpaired) electrons. The van der Waals surface area contributed by atoms with Crippen LogP contribution < -0.4 is 0 Å². The fourth-order valence-corrected chi connectivity index (χ4v) is 6.80. The predicted octanol–water partition coefficient (Wildman–Crippen LogP) is 13.6. The maximum absolute atomic E-state index is 2.66. The zero-order valence-electron chi connectivity index (χ0n) is 29.0. The van der Waals surface area contributed by atoms with E-state index in [1.54, 1.807) is 0 Å². The van der Waals surface area contributed by atoms with E-state index in [0.29, 0.717) is 6.17 Å². The average molecular weight is 575 g/mol. The SMILES string of the molecule is CCCCCCCCCCCCCCCCCCCC1N(CC)C=CN1CCCCCCCCCCCCCCC. The van der Waals surface area contributed by atoms with E-state index in [9.17, 15) is 0 Å². The molecule has 1 aliphatic rings. The molecule has 0 fully saturated rings. The lowest BCUT2D eigenvalue weighted by Crippen LogP contribution is -2.38. The maximum Gasteiger partial charge on any atom is 0.101 e. The van der Waals surface area contributed by atoms with Gasteiger partial charge in [0, 0.05) is 25.5 Å². The van der Waals surface area contributed by atoms with Gasteiger partial charge in [-0.15, -0.1) is 0 Å². The molecule has 0 bridgehead atoms. The molecule has 0 aromatic rings. The Bertz CT molecular complexity index is 530. The van der Waals surface area contributed by atoms with Crippen molar-refractivity contribution in [3.8, 4) is 0 Å². The minimum absolute atomic E-state index is 0.633. The number of hydrogen-bond donors (Lipinski definition) is 0. The lowest BCUT2D eigenvalue weighted by atomic mass is 10.0. The number of rotatable bonds is 33. The van der Waals surface area contributed by atoms with E-state index >= 15 is 0 Å². The van der Waals surface area contributed by atoms with Gasteiger partial charge in [-0.3, -0.25) is 0 Å². The Kier molecular flexibility index (Phi) is 28.8. The van der Waals surface area contributed by atoms with Crippen LogP contribution in [-0.2, 0) is 0 Å². The molecule has 0 aliphatic carbocycles. The average Bonchev–Trinajstić information content (AvgIpc) is 3.38. The first-order valence-electron chi connectivity index (χ1n) is 19.5. The monoisotopic (exact) mass is 575 g/mol. The van der Waals surface area contributed by atoms with E-state index in [1.165, 1.54) is 206 Å². The third-order valence-electron chi connectivity index (χ3n) is 9.67. The summed E-state index contributed by atoms with van der Waals surface area (Å²) in [7, 11) is 0. The lowest BCUT2D eigenvalue weighted by molar-refractivity contribution is 0.142. The predicted molar refractivity (Wildman–Crippen MR) is 186 cm³/mol. The van der Waals surface area contributed by atoms with Crippen LogP contribution >= 0.6 is 0 Å². The van der Waals surface area contributed by atoms with E-state index in [-0.39, 0.29) is 0 Å². The van der Waals surface area contributed by atoms with Crippen LogP contribution in [0.15, 0.2) is 12.4 Å². The van der Waals surface area contributed by atoms with Crippen LogP contribution in [0.2, 0.25) is 0 Å². The van der Waals surface area contributed by atoms with Gasteiger partial charge in [0.25, 0.3) is 0 Å². The molecular formula is C39H78N2. The number of unbranched alkanes of at least 4 members (excludes halogenated alkanes) is 28. The van der Waals surface area contributed by atoms with Crippen molar-refractivity contribution in [3.63, 3.8) is 0 Å². The Morgan fingerprint density at radius 3 is 0.976 bits per heavy atom. The van der Waals surface area contributed by atoms with E-state index in [0.717, 1.165) is 6.54 Å². The Hall–Kier alpha value is -0.660. The first kappa shape index (κ1) is 38.4. The number of nitrogens with zero attached hydrogens (tertiary/aromatic N) is 2. The summed E-state index contributed by atoms with van der Waals surface area (Å²) >= 11 is 0. The van der Waals surface area contributed by atoms with Crippen LogP contribution in [0, 0.1) is 0 Å². The van der Waals surface area contributed by atoms with Gasteiger partial charge in [0.15, 0.2) is 0 Å². The lowest BCUT2D eigenvalue weighted by Gasteiger charge is -2.32. The largest absolute Gasteiger partial charge is 0.356 e. The van der Waals surface area contributed by atoms with Gasteiger partial charge in [-0.05, 0) is 26.2 Å². The molecule has 0 aromatic heterocycles. The summed E-state index contributed by atoms with van der Waals surface area (Å²) in [6.07, 6.45) is 50.3. The van der Waals surface area contributed by atoms with Gasteiger partial charge in [-0.1, -0.05) is 194 Å². The van der Waals surface area contributed by atoms with Crippen molar-refractivity contribution in [2.45, 2.75) is 226 Å².